The molecule has 2 heterocycles. The van der Waals surface area contributed by atoms with E-state index in [4.69, 9.17) is 0 Å². The third kappa shape index (κ3) is 4.26. The normalized spacial score (nSPS) is 17.1. The summed E-state index contributed by atoms with van der Waals surface area (Å²) in [5.74, 6) is -0.476. The lowest BCUT2D eigenvalue weighted by atomic mass is 10.1. The summed E-state index contributed by atoms with van der Waals surface area (Å²) in [6.45, 7) is 4.18. The highest BCUT2D eigenvalue weighted by Gasteiger charge is 2.31. The molecule has 1 N–H and O–H groups in total. The Morgan fingerprint density at radius 2 is 1.70 bits per heavy atom. The molecular weight excluding hydrogens is 440 g/mol. The predicted octanol–water partition coefficient (Wildman–Crippen LogP) is 3.30. The molecule has 1 amide bonds. The second-order valence-corrected chi connectivity index (χ2v) is 10.3. The lowest BCUT2D eigenvalue weighted by Gasteiger charge is -2.32. The van der Waals surface area contributed by atoms with E-state index in [2.05, 4.69) is 5.32 Å². The summed E-state index contributed by atoms with van der Waals surface area (Å²) in [5, 5.41) is 2.70. The van der Waals surface area contributed by atoms with Gasteiger partial charge in [0, 0.05) is 25.2 Å². The Morgan fingerprint density at radius 3 is 2.33 bits per heavy atom. The number of piperidine rings is 1. The molecule has 1 fully saturated rings. The van der Waals surface area contributed by atoms with E-state index in [1.807, 2.05) is 37.3 Å². The molecule has 1 aliphatic heterocycles. The van der Waals surface area contributed by atoms with E-state index in [9.17, 15) is 18.0 Å². The van der Waals surface area contributed by atoms with Gasteiger partial charge in [-0.1, -0.05) is 24.6 Å². The van der Waals surface area contributed by atoms with Crippen molar-refractivity contribution in [1.82, 2.24) is 13.7 Å². The van der Waals surface area contributed by atoms with Gasteiger partial charge in [-0.05, 0) is 63.1 Å². The van der Waals surface area contributed by atoms with Crippen LogP contribution in [0.15, 0.2) is 64.3 Å². The van der Waals surface area contributed by atoms with Crippen molar-refractivity contribution in [2.24, 2.45) is 7.05 Å². The van der Waals surface area contributed by atoms with E-state index in [0.717, 1.165) is 19.3 Å². The van der Waals surface area contributed by atoms with Gasteiger partial charge >= 0.3 is 0 Å². The molecule has 174 valence electrons. The molecule has 0 spiro atoms. The SMILES string of the molecule is Cc1c(NC(=O)c2ccc(S(=O)(=O)N3CCCCC3C)cc2)c(=O)n(-c2ccccc2)n1C. The zero-order chi connectivity index (χ0) is 23.8. The number of anilines is 1. The van der Waals surface area contributed by atoms with Gasteiger partial charge < -0.3 is 5.32 Å². The number of rotatable bonds is 5. The molecule has 0 radical (unpaired) electrons. The lowest BCUT2D eigenvalue weighted by Crippen LogP contribution is -2.41. The van der Waals surface area contributed by atoms with Crippen LogP contribution < -0.4 is 10.9 Å². The first kappa shape index (κ1) is 23.0. The second kappa shape index (κ2) is 8.99. The van der Waals surface area contributed by atoms with Crippen molar-refractivity contribution in [1.29, 1.82) is 0 Å². The number of sulfonamides is 1. The molecular formula is C24H28N4O4S. The van der Waals surface area contributed by atoms with E-state index in [1.165, 1.54) is 33.3 Å². The third-order valence-corrected chi connectivity index (χ3v) is 8.29. The molecule has 0 saturated carbocycles. The number of nitrogens with zero attached hydrogens (tertiary/aromatic N) is 3. The van der Waals surface area contributed by atoms with E-state index < -0.39 is 15.9 Å². The topological polar surface area (TPSA) is 93.4 Å². The van der Waals surface area contributed by atoms with Gasteiger partial charge in [0.05, 0.1) is 16.3 Å². The molecule has 2 aromatic carbocycles. The van der Waals surface area contributed by atoms with Gasteiger partial charge in [-0.3, -0.25) is 14.3 Å². The van der Waals surface area contributed by atoms with Gasteiger partial charge in [0.2, 0.25) is 10.0 Å². The maximum absolute atomic E-state index is 13.0. The summed E-state index contributed by atoms with van der Waals surface area (Å²) in [4.78, 5) is 26.0. The van der Waals surface area contributed by atoms with Crippen LogP contribution in [0.5, 0.6) is 0 Å². The van der Waals surface area contributed by atoms with Crippen LogP contribution in [0.25, 0.3) is 5.69 Å². The number of carbonyl (C=O) groups excluding carboxylic acids is 1. The summed E-state index contributed by atoms with van der Waals surface area (Å²) in [5.41, 5.74) is 1.41. The van der Waals surface area contributed by atoms with Crippen LogP contribution in [0.1, 0.15) is 42.2 Å². The molecule has 1 aromatic heterocycles. The first-order chi connectivity index (χ1) is 15.7. The monoisotopic (exact) mass is 468 g/mol. The lowest BCUT2D eigenvalue weighted by molar-refractivity contribution is 0.102. The largest absolute Gasteiger partial charge is 0.316 e. The zero-order valence-corrected chi connectivity index (χ0v) is 19.8. The summed E-state index contributed by atoms with van der Waals surface area (Å²) in [6, 6.07) is 15.0. The fraction of sp³-hybridized carbons (Fsp3) is 0.333. The third-order valence-electron chi connectivity index (χ3n) is 6.26. The van der Waals surface area contributed by atoms with Gasteiger partial charge in [0.15, 0.2) is 0 Å². The van der Waals surface area contributed by atoms with Crippen LogP contribution in [0.3, 0.4) is 0 Å². The van der Waals surface area contributed by atoms with Crippen molar-refractivity contribution in [2.45, 2.75) is 44.0 Å². The van der Waals surface area contributed by atoms with Crippen LogP contribution in [0, 0.1) is 6.92 Å². The number of benzene rings is 2. The van der Waals surface area contributed by atoms with E-state index in [1.54, 1.807) is 18.7 Å². The molecule has 1 atom stereocenters. The summed E-state index contributed by atoms with van der Waals surface area (Å²) >= 11 is 0. The molecule has 0 aliphatic carbocycles. The van der Waals surface area contributed by atoms with E-state index in [-0.39, 0.29) is 27.7 Å². The molecule has 8 nitrogen and oxygen atoms in total. The molecule has 1 unspecified atom stereocenters. The Balaban J connectivity index is 1.57. The molecule has 9 heteroatoms. The predicted molar refractivity (Wildman–Crippen MR) is 127 cm³/mol. The van der Waals surface area contributed by atoms with E-state index in [0.29, 0.717) is 17.9 Å². The fourth-order valence-corrected chi connectivity index (χ4v) is 5.94. The van der Waals surface area contributed by atoms with Crippen molar-refractivity contribution in [3.8, 4) is 5.69 Å². The quantitative estimate of drug-likeness (QED) is 0.622. The van der Waals surface area contributed by atoms with Crippen molar-refractivity contribution >= 4 is 21.6 Å². The van der Waals surface area contributed by atoms with Crippen molar-refractivity contribution in [2.75, 3.05) is 11.9 Å². The van der Waals surface area contributed by atoms with Gasteiger partial charge in [-0.15, -0.1) is 0 Å². The summed E-state index contributed by atoms with van der Waals surface area (Å²) < 4.78 is 30.7. The van der Waals surface area contributed by atoms with Crippen molar-refractivity contribution in [3.63, 3.8) is 0 Å². The maximum Gasteiger partial charge on any atom is 0.295 e. The molecule has 3 aromatic rings. The highest BCUT2D eigenvalue weighted by molar-refractivity contribution is 7.89. The average Bonchev–Trinajstić information content (AvgIpc) is 3.03. The minimum absolute atomic E-state index is 0.0421. The van der Waals surface area contributed by atoms with Crippen LogP contribution in [0.2, 0.25) is 0 Å². The fourth-order valence-electron chi connectivity index (χ4n) is 4.24. The molecule has 33 heavy (non-hydrogen) atoms. The maximum atomic E-state index is 13.0. The number of carbonyl (C=O) groups is 1. The number of hydrogen-bond acceptors (Lipinski definition) is 4. The zero-order valence-electron chi connectivity index (χ0n) is 19.0. The van der Waals surface area contributed by atoms with Gasteiger partial charge in [-0.2, -0.15) is 4.31 Å². The van der Waals surface area contributed by atoms with E-state index >= 15 is 0 Å². The molecule has 1 saturated heterocycles. The highest BCUT2D eigenvalue weighted by atomic mass is 32.2. The Kier molecular flexibility index (Phi) is 6.27. The van der Waals surface area contributed by atoms with Gasteiger partial charge in [0.1, 0.15) is 5.69 Å². The van der Waals surface area contributed by atoms with Crippen molar-refractivity contribution < 1.29 is 13.2 Å². The standard InChI is InChI=1S/C24H28N4O4S/c1-17-9-7-8-16-27(17)33(31,32)21-14-12-19(13-15-21)23(29)25-22-18(2)26(3)28(24(22)30)20-10-5-4-6-11-20/h4-6,10-15,17H,7-9,16H2,1-3H3,(H,25,29). The van der Waals surface area contributed by atoms with Gasteiger partial charge in [-0.25, -0.2) is 13.1 Å². The molecule has 1 aliphatic rings. The molecule has 4 rings (SSSR count). The van der Waals surface area contributed by atoms with Gasteiger partial charge in [0.25, 0.3) is 11.5 Å². The number of para-hydroxylation sites is 1. The minimum Gasteiger partial charge on any atom is -0.316 e. The summed E-state index contributed by atoms with van der Waals surface area (Å²) in [7, 11) is -1.86. The van der Waals surface area contributed by atoms with Crippen LogP contribution in [-0.4, -0.2) is 40.6 Å². The molecule has 0 bridgehead atoms. The Morgan fingerprint density at radius 1 is 1.03 bits per heavy atom. The minimum atomic E-state index is -3.61. The second-order valence-electron chi connectivity index (χ2n) is 8.38. The number of hydrogen-bond donors (Lipinski definition) is 1. The van der Waals surface area contributed by atoms with Crippen LogP contribution in [0.4, 0.5) is 5.69 Å². The highest BCUT2D eigenvalue weighted by Crippen LogP contribution is 2.25. The average molecular weight is 469 g/mol. The van der Waals surface area contributed by atoms with Crippen LogP contribution in [-0.2, 0) is 17.1 Å². The van der Waals surface area contributed by atoms with Crippen LogP contribution >= 0.6 is 0 Å². The first-order valence-corrected chi connectivity index (χ1v) is 12.4. The number of amides is 1. The van der Waals surface area contributed by atoms with Crippen molar-refractivity contribution in [3.05, 3.63) is 76.2 Å². The Bertz CT molecular complexity index is 1330. The first-order valence-electron chi connectivity index (χ1n) is 11.0. The number of aromatic nitrogens is 2. The smallest absolute Gasteiger partial charge is 0.295 e. The Labute approximate surface area is 193 Å². The number of nitrogens with one attached hydrogen (secondary N) is 1. The summed E-state index contributed by atoms with van der Waals surface area (Å²) in [6.07, 6.45) is 2.72. The Hall–Kier alpha value is -3.17.